The van der Waals surface area contributed by atoms with Gasteiger partial charge in [-0.2, -0.15) is 0 Å². The molecule has 2 aromatic rings. The van der Waals surface area contributed by atoms with Crippen molar-refractivity contribution in [2.75, 3.05) is 19.6 Å². The van der Waals surface area contributed by atoms with Crippen LogP contribution in [0.2, 0.25) is 0 Å². The smallest absolute Gasteiger partial charge is 0.276 e. The van der Waals surface area contributed by atoms with Gasteiger partial charge in [-0.25, -0.2) is 4.98 Å². The number of likely N-dealkylation sites (tertiary alicyclic amines) is 2. The van der Waals surface area contributed by atoms with Crippen molar-refractivity contribution in [2.24, 2.45) is 5.92 Å². The molecule has 2 saturated heterocycles. The van der Waals surface area contributed by atoms with Crippen molar-refractivity contribution >= 4 is 11.8 Å². The van der Waals surface area contributed by atoms with Crippen LogP contribution >= 0.6 is 0 Å². The lowest BCUT2D eigenvalue weighted by Crippen LogP contribution is -2.57. The topological polar surface area (TPSA) is 95.3 Å². The summed E-state index contributed by atoms with van der Waals surface area (Å²) in [6.45, 7) is 2.00. The van der Waals surface area contributed by atoms with E-state index in [9.17, 15) is 9.59 Å². The number of fused-ring (bicyclic) bond motifs is 1. The summed E-state index contributed by atoms with van der Waals surface area (Å²) in [7, 11) is 0. The third-order valence-corrected chi connectivity index (χ3v) is 5.26. The molecule has 4 rings (SSSR count). The van der Waals surface area contributed by atoms with Gasteiger partial charge in [-0.05, 0) is 18.8 Å². The molecule has 2 aliphatic heterocycles. The van der Waals surface area contributed by atoms with Crippen LogP contribution < -0.4 is 0 Å². The summed E-state index contributed by atoms with van der Waals surface area (Å²) in [5.74, 6) is 0.453. The van der Waals surface area contributed by atoms with Crippen LogP contribution in [0.25, 0.3) is 0 Å². The van der Waals surface area contributed by atoms with Gasteiger partial charge in [0.05, 0.1) is 6.33 Å². The maximum absolute atomic E-state index is 12.5. The number of nitrogens with zero attached hydrogens (tertiary/aromatic N) is 4. The first-order valence-corrected chi connectivity index (χ1v) is 8.69. The highest BCUT2D eigenvalue weighted by Crippen LogP contribution is 2.31. The maximum atomic E-state index is 12.5. The van der Waals surface area contributed by atoms with Crippen molar-refractivity contribution < 1.29 is 14.1 Å². The molecule has 25 heavy (non-hydrogen) atoms. The Labute approximate surface area is 145 Å². The van der Waals surface area contributed by atoms with E-state index in [2.05, 4.69) is 15.1 Å². The number of amides is 2. The lowest BCUT2D eigenvalue weighted by molar-refractivity contribution is -0.140. The summed E-state index contributed by atoms with van der Waals surface area (Å²) in [4.78, 5) is 35.8. The van der Waals surface area contributed by atoms with Crippen molar-refractivity contribution in [1.29, 1.82) is 0 Å². The Bertz CT molecular complexity index is 728. The molecule has 132 valence electrons. The predicted octanol–water partition coefficient (Wildman–Crippen LogP) is 1.09. The second-order valence-electron chi connectivity index (χ2n) is 6.70. The predicted molar refractivity (Wildman–Crippen MR) is 87.5 cm³/mol. The minimum absolute atomic E-state index is 0.0897. The molecule has 0 unspecified atom stereocenters. The van der Waals surface area contributed by atoms with Gasteiger partial charge in [0, 0.05) is 56.5 Å². The van der Waals surface area contributed by atoms with Crippen molar-refractivity contribution in [3.05, 3.63) is 36.2 Å². The van der Waals surface area contributed by atoms with Gasteiger partial charge >= 0.3 is 0 Å². The number of carbonyl (C=O) groups is 2. The number of hydrogen-bond donors (Lipinski definition) is 1. The van der Waals surface area contributed by atoms with Crippen LogP contribution in [-0.2, 0) is 11.2 Å². The van der Waals surface area contributed by atoms with Crippen molar-refractivity contribution in [3.8, 4) is 0 Å². The van der Waals surface area contributed by atoms with Gasteiger partial charge < -0.3 is 19.3 Å². The zero-order valence-electron chi connectivity index (χ0n) is 13.9. The molecule has 2 fully saturated rings. The SMILES string of the molecule is O=C(c1ccon1)N1CC[C@@H]2[C@@H](CCC(=O)N2CCc2cnc[nH]2)C1. The molecule has 0 spiro atoms. The highest BCUT2D eigenvalue weighted by atomic mass is 16.5. The molecule has 2 aliphatic rings. The zero-order chi connectivity index (χ0) is 17.2. The quantitative estimate of drug-likeness (QED) is 0.897. The van der Waals surface area contributed by atoms with E-state index in [1.54, 1.807) is 18.6 Å². The molecule has 0 aromatic carbocycles. The third kappa shape index (κ3) is 3.16. The molecular formula is C17H21N5O3. The average Bonchev–Trinajstić information content (AvgIpc) is 3.33. The van der Waals surface area contributed by atoms with E-state index in [4.69, 9.17) is 4.52 Å². The van der Waals surface area contributed by atoms with Gasteiger partial charge in [0.1, 0.15) is 6.26 Å². The Morgan fingerprint density at radius 1 is 1.40 bits per heavy atom. The second-order valence-corrected chi connectivity index (χ2v) is 6.70. The molecule has 0 radical (unpaired) electrons. The van der Waals surface area contributed by atoms with Crippen LogP contribution in [0.5, 0.6) is 0 Å². The first-order valence-electron chi connectivity index (χ1n) is 8.69. The molecule has 0 bridgehead atoms. The fraction of sp³-hybridized carbons (Fsp3) is 0.529. The normalized spacial score (nSPS) is 23.6. The number of hydrogen-bond acceptors (Lipinski definition) is 5. The van der Waals surface area contributed by atoms with Crippen LogP contribution in [0.15, 0.2) is 29.4 Å². The van der Waals surface area contributed by atoms with Gasteiger partial charge in [-0.1, -0.05) is 5.16 Å². The minimum atomic E-state index is -0.0897. The summed E-state index contributed by atoms with van der Waals surface area (Å²) >= 11 is 0. The van der Waals surface area contributed by atoms with Crippen LogP contribution in [0.4, 0.5) is 0 Å². The lowest BCUT2D eigenvalue weighted by atomic mass is 9.83. The van der Waals surface area contributed by atoms with E-state index in [1.807, 2.05) is 9.80 Å². The van der Waals surface area contributed by atoms with Gasteiger partial charge in [0.25, 0.3) is 5.91 Å². The summed E-state index contributed by atoms with van der Waals surface area (Å²) in [6.07, 6.45) is 7.84. The Hall–Kier alpha value is -2.64. The Morgan fingerprint density at radius 3 is 3.08 bits per heavy atom. The van der Waals surface area contributed by atoms with Crippen LogP contribution in [0, 0.1) is 5.92 Å². The van der Waals surface area contributed by atoms with Gasteiger partial charge in [-0.3, -0.25) is 9.59 Å². The van der Waals surface area contributed by atoms with Crippen LogP contribution in [0.3, 0.4) is 0 Å². The second kappa shape index (κ2) is 6.70. The molecule has 8 nitrogen and oxygen atoms in total. The highest BCUT2D eigenvalue weighted by Gasteiger charge is 2.40. The maximum Gasteiger partial charge on any atom is 0.276 e. The van der Waals surface area contributed by atoms with E-state index in [0.717, 1.165) is 25.0 Å². The first-order chi connectivity index (χ1) is 12.2. The molecule has 4 heterocycles. The van der Waals surface area contributed by atoms with Gasteiger partial charge in [0.2, 0.25) is 5.91 Å². The van der Waals surface area contributed by atoms with Gasteiger partial charge in [-0.15, -0.1) is 0 Å². The minimum Gasteiger partial charge on any atom is -0.364 e. The number of aromatic nitrogens is 3. The van der Waals surface area contributed by atoms with Gasteiger partial charge in [0.15, 0.2) is 5.69 Å². The average molecular weight is 343 g/mol. The summed E-state index contributed by atoms with van der Waals surface area (Å²) in [5, 5.41) is 3.74. The standard InChI is InChI=1S/C17H21N5O3/c23-16-2-1-12-10-21(17(24)14-5-8-25-20-14)6-4-15(12)22(16)7-3-13-9-18-11-19-13/h5,8-9,11-12,15H,1-4,6-7,10H2,(H,18,19)/t12-,15+/m0/s1. The zero-order valence-corrected chi connectivity index (χ0v) is 13.9. The summed E-state index contributed by atoms with van der Waals surface area (Å²) < 4.78 is 4.77. The number of piperidine rings is 2. The molecule has 2 atom stereocenters. The number of imidazole rings is 1. The van der Waals surface area contributed by atoms with E-state index >= 15 is 0 Å². The molecule has 2 aromatic heterocycles. The van der Waals surface area contributed by atoms with Crippen molar-refractivity contribution in [2.45, 2.75) is 31.7 Å². The lowest BCUT2D eigenvalue weighted by Gasteiger charge is -2.47. The third-order valence-electron chi connectivity index (χ3n) is 5.26. The van der Waals surface area contributed by atoms with E-state index < -0.39 is 0 Å². The largest absolute Gasteiger partial charge is 0.364 e. The van der Waals surface area contributed by atoms with Crippen LogP contribution in [0.1, 0.15) is 35.4 Å². The summed E-state index contributed by atoms with van der Waals surface area (Å²) in [5.41, 5.74) is 1.38. The number of aromatic amines is 1. The fourth-order valence-electron chi connectivity index (χ4n) is 3.97. The van der Waals surface area contributed by atoms with E-state index in [-0.39, 0.29) is 17.9 Å². The Balaban J connectivity index is 1.41. The van der Waals surface area contributed by atoms with E-state index in [0.29, 0.717) is 37.7 Å². The Kier molecular flexibility index (Phi) is 4.25. The molecular weight excluding hydrogens is 322 g/mol. The van der Waals surface area contributed by atoms with E-state index in [1.165, 1.54) is 6.26 Å². The number of rotatable bonds is 4. The van der Waals surface area contributed by atoms with Crippen molar-refractivity contribution in [1.82, 2.24) is 24.9 Å². The Morgan fingerprint density at radius 2 is 2.32 bits per heavy atom. The monoisotopic (exact) mass is 343 g/mol. The van der Waals surface area contributed by atoms with Crippen LogP contribution in [-0.4, -0.2) is 62.4 Å². The highest BCUT2D eigenvalue weighted by molar-refractivity contribution is 5.92. The molecule has 2 amide bonds. The number of nitrogens with one attached hydrogen (secondary N) is 1. The molecule has 0 saturated carbocycles. The molecule has 8 heteroatoms. The summed E-state index contributed by atoms with van der Waals surface area (Å²) in [6, 6.07) is 1.81. The molecule has 0 aliphatic carbocycles. The first kappa shape index (κ1) is 15.9. The number of carbonyl (C=O) groups excluding carboxylic acids is 2. The fourth-order valence-corrected chi connectivity index (χ4v) is 3.97. The molecule has 1 N–H and O–H groups in total. The number of H-pyrrole nitrogens is 1. The van der Waals surface area contributed by atoms with Crippen molar-refractivity contribution in [3.63, 3.8) is 0 Å².